The van der Waals surface area contributed by atoms with Crippen LogP contribution >= 0.6 is 0 Å². The number of benzene rings is 2. The van der Waals surface area contributed by atoms with E-state index in [9.17, 15) is 14.0 Å². The summed E-state index contributed by atoms with van der Waals surface area (Å²) < 4.78 is 18.4. The Morgan fingerprint density at radius 3 is 2.44 bits per heavy atom. The fourth-order valence-electron chi connectivity index (χ4n) is 2.75. The second kappa shape index (κ2) is 9.71. The molecule has 1 atom stereocenters. The molecule has 2 rings (SSSR count). The zero-order chi connectivity index (χ0) is 19.8. The molecule has 2 aromatic rings. The molecule has 0 fully saturated rings. The summed E-state index contributed by atoms with van der Waals surface area (Å²) in [6.45, 7) is 3.99. The van der Waals surface area contributed by atoms with Crippen LogP contribution in [-0.4, -0.2) is 29.9 Å². The Kier molecular flexibility index (Phi) is 7.34. The van der Waals surface area contributed by atoms with E-state index in [0.29, 0.717) is 12.3 Å². The van der Waals surface area contributed by atoms with Gasteiger partial charge in [-0.25, -0.2) is 4.39 Å². The van der Waals surface area contributed by atoms with E-state index in [2.05, 4.69) is 5.32 Å². The van der Waals surface area contributed by atoms with E-state index in [4.69, 9.17) is 4.74 Å². The molecular weight excluding hydrogens is 347 g/mol. The number of methoxy groups -OCH3 is 1. The Balaban J connectivity index is 2.07. The van der Waals surface area contributed by atoms with Crippen molar-refractivity contribution < 1.29 is 18.7 Å². The Bertz CT molecular complexity index is 777. The highest BCUT2D eigenvalue weighted by atomic mass is 19.1. The van der Waals surface area contributed by atoms with Gasteiger partial charge in [-0.3, -0.25) is 9.59 Å². The number of halogens is 1. The van der Waals surface area contributed by atoms with E-state index in [-0.39, 0.29) is 30.6 Å². The minimum Gasteiger partial charge on any atom is -0.496 e. The van der Waals surface area contributed by atoms with Crippen molar-refractivity contribution in [3.8, 4) is 5.75 Å². The highest BCUT2D eigenvalue weighted by Crippen LogP contribution is 2.17. The van der Waals surface area contributed by atoms with E-state index in [1.54, 1.807) is 33.1 Å². The zero-order valence-corrected chi connectivity index (χ0v) is 15.9. The van der Waals surface area contributed by atoms with E-state index >= 15 is 0 Å². The monoisotopic (exact) mass is 372 g/mol. The van der Waals surface area contributed by atoms with Crippen LogP contribution < -0.4 is 10.1 Å². The molecule has 6 heteroatoms. The summed E-state index contributed by atoms with van der Waals surface area (Å²) in [5.41, 5.74) is 1.62. The van der Waals surface area contributed by atoms with Crippen molar-refractivity contribution in [2.24, 2.45) is 0 Å². The van der Waals surface area contributed by atoms with Gasteiger partial charge in [-0.2, -0.15) is 0 Å². The Hall–Kier alpha value is -2.89. The predicted octanol–water partition coefficient (Wildman–Crippen LogP) is 3.28. The number of nitrogens with one attached hydrogen (secondary N) is 1. The SMILES string of the molecule is CCC(=O)N(Cc1ccc(F)cc1)[C@@H](C)C(=O)NCc1ccccc1OC. The van der Waals surface area contributed by atoms with Gasteiger partial charge in [0.05, 0.1) is 7.11 Å². The molecule has 0 radical (unpaired) electrons. The maximum absolute atomic E-state index is 13.1. The van der Waals surface area contributed by atoms with Crippen molar-refractivity contribution in [3.05, 3.63) is 65.5 Å². The molecule has 0 aromatic heterocycles. The van der Waals surface area contributed by atoms with Crippen LogP contribution in [0.4, 0.5) is 4.39 Å². The fraction of sp³-hybridized carbons (Fsp3) is 0.333. The van der Waals surface area contributed by atoms with Crippen molar-refractivity contribution in [3.63, 3.8) is 0 Å². The van der Waals surface area contributed by atoms with E-state index in [0.717, 1.165) is 11.1 Å². The summed E-state index contributed by atoms with van der Waals surface area (Å²) in [5.74, 6) is -0.0444. The minimum absolute atomic E-state index is 0.140. The molecule has 27 heavy (non-hydrogen) atoms. The van der Waals surface area contributed by atoms with E-state index in [1.807, 2.05) is 24.3 Å². The molecule has 0 aliphatic rings. The van der Waals surface area contributed by atoms with Gasteiger partial charge in [0.1, 0.15) is 17.6 Å². The first-order chi connectivity index (χ1) is 13.0. The lowest BCUT2D eigenvalue weighted by Gasteiger charge is -2.28. The topological polar surface area (TPSA) is 58.6 Å². The van der Waals surface area contributed by atoms with E-state index < -0.39 is 6.04 Å². The molecule has 2 amide bonds. The number of rotatable bonds is 8. The summed E-state index contributed by atoms with van der Waals surface area (Å²) in [7, 11) is 1.58. The van der Waals surface area contributed by atoms with Gasteiger partial charge in [-0.15, -0.1) is 0 Å². The molecule has 5 nitrogen and oxygen atoms in total. The Morgan fingerprint density at radius 1 is 1.15 bits per heavy atom. The number of carbonyl (C=O) groups excluding carboxylic acids is 2. The quantitative estimate of drug-likeness (QED) is 0.774. The first-order valence-electron chi connectivity index (χ1n) is 8.89. The van der Waals surface area contributed by atoms with Gasteiger partial charge in [-0.1, -0.05) is 37.3 Å². The largest absolute Gasteiger partial charge is 0.496 e. The molecule has 0 bridgehead atoms. The number of amides is 2. The van der Waals surface area contributed by atoms with Crippen LogP contribution in [0.1, 0.15) is 31.4 Å². The molecule has 0 spiro atoms. The van der Waals surface area contributed by atoms with Crippen molar-refractivity contribution in [1.29, 1.82) is 0 Å². The van der Waals surface area contributed by atoms with Gasteiger partial charge in [0, 0.05) is 25.1 Å². The Labute approximate surface area is 159 Å². The van der Waals surface area contributed by atoms with Gasteiger partial charge in [0.15, 0.2) is 0 Å². The van der Waals surface area contributed by atoms with Gasteiger partial charge < -0.3 is 15.0 Å². The lowest BCUT2D eigenvalue weighted by molar-refractivity contribution is -0.140. The average molecular weight is 372 g/mol. The van der Waals surface area contributed by atoms with Gasteiger partial charge in [0.25, 0.3) is 0 Å². The second-order valence-corrected chi connectivity index (χ2v) is 6.21. The van der Waals surface area contributed by atoms with E-state index in [1.165, 1.54) is 17.0 Å². The van der Waals surface area contributed by atoms with Gasteiger partial charge in [-0.05, 0) is 30.7 Å². The third kappa shape index (κ3) is 5.54. The average Bonchev–Trinajstić information content (AvgIpc) is 2.70. The van der Waals surface area contributed by atoms with Crippen LogP contribution in [0.15, 0.2) is 48.5 Å². The van der Waals surface area contributed by atoms with Crippen LogP contribution in [0.5, 0.6) is 5.75 Å². The molecule has 0 saturated heterocycles. The molecular formula is C21H25FN2O3. The number of para-hydroxylation sites is 1. The summed E-state index contributed by atoms with van der Waals surface area (Å²) >= 11 is 0. The number of nitrogens with zero attached hydrogens (tertiary/aromatic N) is 1. The third-order valence-electron chi connectivity index (χ3n) is 4.38. The maximum Gasteiger partial charge on any atom is 0.242 e. The summed E-state index contributed by atoms with van der Waals surface area (Å²) in [6.07, 6.45) is 0.283. The first kappa shape index (κ1) is 20.4. The molecule has 0 aliphatic heterocycles. The number of carbonyl (C=O) groups is 2. The molecule has 144 valence electrons. The number of hydrogen-bond acceptors (Lipinski definition) is 3. The summed E-state index contributed by atoms with van der Waals surface area (Å²) in [6, 6.07) is 12.7. The molecule has 0 heterocycles. The van der Waals surface area contributed by atoms with Crippen molar-refractivity contribution in [2.45, 2.75) is 39.4 Å². The fourth-order valence-corrected chi connectivity index (χ4v) is 2.75. The molecule has 1 N–H and O–H groups in total. The lowest BCUT2D eigenvalue weighted by atomic mass is 10.1. The number of ether oxygens (including phenoxy) is 1. The van der Waals surface area contributed by atoms with Crippen LogP contribution in [0.25, 0.3) is 0 Å². The highest BCUT2D eigenvalue weighted by Gasteiger charge is 2.25. The van der Waals surface area contributed by atoms with Crippen LogP contribution in [0.2, 0.25) is 0 Å². The smallest absolute Gasteiger partial charge is 0.242 e. The molecule has 0 aliphatic carbocycles. The highest BCUT2D eigenvalue weighted by molar-refractivity contribution is 5.87. The summed E-state index contributed by atoms with van der Waals surface area (Å²) in [5, 5.41) is 2.85. The standard InChI is InChI=1S/C21H25FN2O3/c1-4-20(25)24(14-16-9-11-18(22)12-10-16)15(2)21(26)23-13-17-7-5-6-8-19(17)27-3/h5-12,15H,4,13-14H2,1-3H3,(H,23,26)/t15-/m0/s1. The van der Waals surface area contributed by atoms with Crippen molar-refractivity contribution in [1.82, 2.24) is 10.2 Å². The minimum atomic E-state index is -0.655. The number of hydrogen-bond donors (Lipinski definition) is 1. The predicted molar refractivity (Wildman–Crippen MR) is 102 cm³/mol. The first-order valence-corrected chi connectivity index (χ1v) is 8.89. The van der Waals surface area contributed by atoms with Gasteiger partial charge >= 0.3 is 0 Å². The van der Waals surface area contributed by atoms with Crippen LogP contribution in [0, 0.1) is 5.82 Å². The lowest BCUT2D eigenvalue weighted by Crippen LogP contribution is -2.47. The second-order valence-electron chi connectivity index (χ2n) is 6.21. The van der Waals surface area contributed by atoms with Crippen molar-refractivity contribution in [2.75, 3.05) is 7.11 Å². The van der Waals surface area contributed by atoms with Crippen LogP contribution in [0.3, 0.4) is 0 Å². The van der Waals surface area contributed by atoms with Gasteiger partial charge in [0.2, 0.25) is 11.8 Å². The zero-order valence-electron chi connectivity index (χ0n) is 15.9. The Morgan fingerprint density at radius 2 is 1.81 bits per heavy atom. The van der Waals surface area contributed by atoms with Crippen LogP contribution in [-0.2, 0) is 22.7 Å². The maximum atomic E-state index is 13.1. The molecule has 2 aromatic carbocycles. The molecule has 0 unspecified atom stereocenters. The van der Waals surface area contributed by atoms with Crippen molar-refractivity contribution >= 4 is 11.8 Å². The normalized spacial score (nSPS) is 11.6. The third-order valence-corrected chi connectivity index (χ3v) is 4.38. The molecule has 0 saturated carbocycles. The summed E-state index contributed by atoms with van der Waals surface area (Å²) in [4.78, 5) is 26.5.